The number of rotatable bonds is 8. The molecule has 2 aromatic carbocycles. The fourth-order valence-corrected chi connectivity index (χ4v) is 2.31. The van der Waals surface area contributed by atoms with Gasteiger partial charge in [0.1, 0.15) is 11.8 Å². The fraction of sp³-hybridized carbons (Fsp3) is 0.250. The highest BCUT2D eigenvalue weighted by Crippen LogP contribution is 2.12. The number of likely N-dealkylation sites (N-methyl/N-ethyl adjacent to an activating group) is 1. The van der Waals surface area contributed by atoms with Crippen LogP contribution in [-0.4, -0.2) is 37.5 Å². The van der Waals surface area contributed by atoms with E-state index in [1.165, 1.54) is 38.2 Å². The molecule has 0 saturated heterocycles. The molecule has 2 amide bonds. The summed E-state index contributed by atoms with van der Waals surface area (Å²) in [6.45, 7) is 1.66. The minimum atomic E-state index is -0.834. The topological polar surface area (TPSA) is 93.7 Å². The molecule has 0 aliphatic carbocycles. The molecule has 2 aromatic rings. The second-order valence-electron chi connectivity index (χ2n) is 5.76. The van der Waals surface area contributed by atoms with Crippen LogP contribution in [0.5, 0.6) is 5.75 Å². The van der Waals surface area contributed by atoms with Crippen molar-refractivity contribution in [2.24, 2.45) is 0 Å². The number of esters is 1. The maximum atomic E-state index is 12.4. The molecule has 1 unspecified atom stereocenters. The summed E-state index contributed by atoms with van der Waals surface area (Å²) >= 11 is 0. The Morgan fingerprint density at radius 1 is 1.00 bits per heavy atom. The van der Waals surface area contributed by atoms with Crippen LogP contribution < -0.4 is 15.4 Å². The molecule has 7 nitrogen and oxygen atoms in total. The molecule has 0 bridgehead atoms. The molecule has 0 aromatic heterocycles. The van der Waals surface area contributed by atoms with Gasteiger partial charge in [-0.1, -0.05) is 30.3 Å². The highest BCUT2D eigenvalue weighted by molar-refractivity contribution is 5.97. The van der Waals surface area contributed by atoms with Gasteiger partial charge in [0.15, 0.2) is 0 Å². The van der Waals surface area contributed by atoms with E-state index in [0.29, 0.717) is 17.9 Å². The van der Waals surface area contributed by atoms with Crippen molar-refractivity contribution in [3.63, 3.8) is 0 Å². The Hall–Kier alpha value is -3.19. The fourth-order valence-electron chi connectivity index (χ4n) is 2.31. The summed E-state index contributed by atoms with van der Waals surface area (Å²) in [6, 6.07) is 14.7. The Kier molecular flexibility index (Phi) is 7.51. The number of hydrogen-bond donors (Lipinski definition) is 2. The van der Waals surface area contributed by atoms with Crippen LogP contribution in [0.4, 0.5) is 0 Å². The molecule has 2 N–H and O–H groups in total. The summed E-state index contributed by atoms with van der Waals surface area (Å²) in [5, 5.41) is 5.16. The van der Waals surface area contributed by atoms with E-state index < -0.39 is 17.9 Å². The van der Waals surface area contributed by atoms with Crippen molar-refractivity contribution in [3.05, 3.63) is 65.7 Å². The molecule has 0 spiro atoms. The Morgan fingerprint density at radius 2 is 1.67 bits per heavy atom. The van der Waals surface area contributed by atoms with Gasteiger partial charge in [-0.05, 0) is 29.8 Å². The van der Waals surface area contributed by atoms with Crippen LogP contribution in [0, 0.1) is 0 Å². The van der Waals surface area contributed by atoms with E-state index in [4.69, 9.17) is 9.47 Å². The predicted molar refractivity (Wildman–Crippen MR) is 99.2 cm³/mol. The second-order valence-corrected chi connectivity index (χ2v) is 5.76. The molecule has 0 heterocycles. The minimum Gasteiger partial charge on any atom is -0.427 e. The van der Waals surface area contributed by atoms with Crippen molar-refractivity contribution in [1.82, 2.24) is 10.6 Å². The number of carbonyl (C=O) groups is 3. The molecule has 0 saturated carbocycles. The van der Waals surface area contributed by atoms with E-state index >= 15 is 0 Å². The summed E-state index contributed by atoms with van der Waals surface area (Å²) in [6.07, 6.45) is 0. The SMILES string of the molecule is CNC(=O)C(COCc1ccccc1)NC(=O)c1ccc(OC(C)=O)cc1. The number of benzene rings is 2. The van der Waals surface area contributed by atoms with Crippen molar-refractivity contribution < 1.29 is 23.9 Å². The molecule has 0 radical (unpaired) electrons. The van der Waals surface area contributed by atoms with Crippen molar-refractivity contribution >= 4 is 17.8 Å². The molecule has 0 aliphatic rings. The van der Waals surface area contributed by atoms with E-state index in [0.717, 1.165) is 5.56 Å². The average molecular weight is 370 g/mol. The van der Waals surface area contributed by atoms with E-state index in [1.807, 2.05) is 30.3 Å². The van der Waals surface area contributed by atoms with Crippen LogP contribution in [0.1, 0.15) is 22.8 Å². The molecule has 1 atom stereocenters. The van der Waals surface area contributed by atoms with Gasteiger partial charge in [0.25, 0.3) is 5.91 Å². The Balaban J connectivity index is 1.94. The third-order valence-corrected chi connectivity index (χ3v) is 3.64. The molecule has 142 valence electrons. The number of ether oxygens (including phenoxy) is 2. The molecule has 7 heteroatoms. The average Bonchev–Trinajstić information content (AvgIpc) is 2.67. The van der Waals surface area contributed by atoms with Gasteiger partial charge in [-0.2, -0.15) is 0 Å². The maximum absolute atomic E-state index is 12.4. The largest absolute Gasteiger partial charge is 0.427 e. The first-order valence-electron chi connectivity index (χ1n) is 8.42. The number of amides is 2. The lowest BCUT2D eigenvalue weighted by Gasteiger charge is -2.17. The van der Waals surface area contributed by atoms with Crippen molar-refractivity contribution in [2.45, 2.75) is 19.6 Å². The Morgan fingerprint density at radius 3 is 2.26 bits per heavy atom. The zero-order chi connectivity index (χ0) is 19.6. The van der Waals surface area contributed by atoms with Gasteiger partial charge in [0, 0.05) is 19.5 Å². The van der Waals surface area contributed by atoms with Gasteiger partial charge in [0.05, 0.1) is 13.2 Å². The lowest BCUT2D eigenvalue weighted by Crippen LogP contribution is -2.48. The van der Waals surface area contributed by atoms with Crippen LogP contribution in [0.3, 0.4) is 0 Å². The Labute approximate surface area is 157 Å². The summed E-state index contributed by atoms with van der Waals surface area (Å²) in [4.78, 5) is 35.3. The molecule has 0 aliphatic heterocycles. The van der Waals surface area contributed by atoms with Crippen molar-refractivity contribution in [3.8, 4) is 5.75 Å². The van der Waals surface area contributed by atoms with Gasteiger partial charge < -0.3 is 20.1 Å². The van der Waals surface area contributed by atoms with E-state index in [9.17, 15) is 14.4 Å². The summed E-state index contributed by atoms with van der Waals surface area (Å²) in [5.41, 5.74) is 1.31. The van der Waals surface area contributed by atoms with Crippen LogP contribution in [-0.2, 0) is 20.9 Å². The molecule has 0 fully saturated rings. The van der Waals surface area contributed by atoms with Gasteiger partial charge >= 0.3 is 5.97 Å². The second kappa shape index (κ2) is 10.1. The lowest BCUT2D eigenvalue weighted by molar-refractivity contribution is -0.132. The standard InChI is InChI=1S/C20H22N2O5/c1-14(23)27-17-10-8-16(9-11-17)19(24)22-18(20(25)21-2)13-26-12-15-6-4-3-5-7-15/h3-11,18H,12-13H2,1-2H3,(H,21,25)(H,22,24). The summed E-state index contributed by atoms with van der Waals surface area (Å²) in [5.74, 6) is -0.884. The summed E-state index contributed by atoms with van der Waals surface area (Å²) in [7, 11) is 1.49. The minimum absolute atomic E-state index is 0.0336. The molecular weight excluding hydrogens is 348 g/mol. The lowest BCUT2D eigenvalue weighted by atomic mass is 10.2. The summed E-state index contributed by atoms with van der Waals surface area (Å²) < 4.78 is 10.5. The van der Waals surface area contributed by atoms with Gasteiger partial charge in [-0.15, -0.1) is 0 Å². The van der Waals surface area contributed by atoms with Crippen LogP contribution in [0.25, 0.3) is 0 Å². The quantitative estimate of drug-likeness (QED) is 0.545. The molecule has 27 heavy (non-hydrogen) atoms. The molecule has 2 rings (SSSR count). The van der Waals surface area contributed by atoms with Crippen LogP contribution in [0.15, 0.2) is 54.6 Å². The number of nitrogens with one attached hydrogen (secondary N) is 2. The zero-order valence-electron chi connectivity index (χ0n) is 15.2. The van der Waals surface area contributed by atoms with E-state index in [1.54, 1.807) is 0 Å². The smallest absolute Gasteiger partial charge is 0.308 e. The number of carbonyl (C=O) groups excluding carboxylic acids is 3. The van der Waals surface area contributed by atoms with Crippen molar-refractivity contribution in [2.75, 3.05) is 13.7 Å². The first kappa shape index (κ1) is 20.1. The third kappa shape index (κ3) is 6.56. The predicted octanol–water partition coefficient (Wildman–Crippen LogP) is 1.67. The normalized spacial score (nSPS) is 11.3. The van der Waals surface area contributed by atoms with Crippen LogP contribution >= 0.6 is 0 Å². The van der Waals surface area contributed by atoms with Crippen LogP contribution in [0.2, 0.25) is 0 Å². The van der Waals surface area contributed by atoms with E-state index in [2.05, 4.69) is 10.6 Å². The number of hydrogen-bond acceptors (Lipinski definition) is 5. The Bertz CT molecular complexity index is 775. The third-order valence-electron chi connectivity index (χ3n) is 3.64. The first-order valence-corrected chi connectivity index (χ1v) is 8.42. The van der Waals surface area contributed by atoms with Gasteiger partial charge in [-0.25, -0.2) is 0 Å². The highest BCUT2D eigenvalue weighted by atomic mass is 16.5. The highest BCUT2D eigenvalue weighted by Gasteiger charge is 2.21. The van der Waals surface area contributed by atoms with Crippen molar-refractivity contribution in [1.29, 1.82) is 0 Å². The first-order chi connectivity index (χ1) is 13.0. The zero-order valence-corrected chi connectivity index (χ0v) is 15.2. The van der Waals surface area contributed by atoms with E-state index in [-0.39, 0.29) is 12.5 Å². The van der Waals surface area contributed by atoms with Gasteiger partial charge in [-0.3, -0.25) is 14.4 Å². The monoisotopic (exact) mass is 370 g/mol. The molecular formula is C20H22N2O5. The van der Waals surface area contributed by atoms with Gasteiger partial charge in [0.2, 0.25) is 5.91 Å². The maximum Gasteiger partial charge on any atom is 0.308 e.